The summed E-state index contributed by atoms with van der Waals surface area (Å²) in [7, 11) is 0. The predicted octanol–water partition coefficient (Wildman–Crippen LogP) is 2.65. The number of fused-ring (bicyclic) bond motifs is 2. The number of hydrogen-bond donors (Lipinski definition) is 1. The largest absolute Gasteiger partial charge is 0.390 e. The van der Waals surface area contributed by atoms with Gasteiger partial charge >= 0.3 is 0 Å². The van der Waals surface area contributed by atoms with E-state index in [9.17, 15) is 5.11 Å². The molecule has 2 aliphatic heterocycles. The highest BCUT2D eigenvalue weighted by molar-refractivity contribution is 5.79. The van der Waals surface area contributed by atoms with Crippen LogP contribution in [0.2, 0.25) is 0 Å². The first kappa shape index (κ1) is 19.5. The number of ether oxygens (including phenoxy) is 1. The predicted molar refractivity (Wildman–Crippen MR) is 120 cm³/mol. The molecule has 0 radical (unpaired) electrons. The molecule has 2 aliphatic rings. The Hall–Kier alpha value is -3.17. The van der Waals surface area contributed by atoms with Crippen molar-refractivity contribution in [2.75, 3.05) is 24.6 Å². The number of nitrogens with zero attached hydrogens (tertiary/aromatic N) is 7. The van der Waals surface area contributed by atoms with Gasteiger partial charge in [0, 0.05) is 25.5 Å². The summed E-state index contributed by atoms with van der Waals surface area (Å²) in [5.41, 5.74) is 4.62. The Labute approximate surface area is 185 Å². The van der Waals surface area contributed by atoms with Crippen LogP contribution < -0.4 is 4.90 Å². The van der Waals surface area contributed by atoms with Crippen molar-refractivity contribution in [1.82, 2.24) is 29.7 Å². The van der Waals surface area contributed by atoms with E-state index in [2.05, 4.69) is 26.9 Å². The quantitative estimate of drug-likeness (QED) is 0.528. The second kappa shape index (κ2) is 7.46. The Morgan fingerprint density at radius 3 is 2.66 bits per heavy atom. The second-order valence-corrected chi connectivity index (χ2v) is 8.96. The molecule has 1 atom stereocenters. The Morgan fingerprint density at radius 1 is 1.09 bits per heavy atom. The van der Waals surface area contributed by atoms with Crippen LogP contribution in [-0.4, -0.2) is 60.6 Å². The molecule has 1 N–H and O–H groups in total. The summed E-state index contributed by atoms with van der Waals surface area (Å²) in [5, 5.41) is 14.6. The van der Waals surface area contributed by atoms with Gasteiger partial charge in [-0.15, -0.1) is 0 Å². The molecular formula is C23H25N7O2. The smallest absolute Gasteiger partial charge is 0.182 e. The summed E-state index contributed by atoms with van der Waals surface area (Å²) in [5.74, 6) is 0.755. The van der Waals surface area contributed by atoms with E-state index in [0.29, 0.717) is 23.0 Å². The molecule has 2 fully saturated rings. The fraction of sp³-hybridized carbons (Fsp3) is 0.435. The summed E-state index contributed by atoms with van der Waals surface area (Å²) < 4.78 is 7.59. The molecule has 6 rings (SSSR count). The van der Waals surface area contributed by atoms with Crippen molar-refractivity contribution in [3.63, 3.8) is 0 Å². The van der Waals surface area contributed by atoms with E-state index in [1.165, 1.54) is 0 Å². The molecule has 9 heteroatoms. The summed E-state index contributed by atoms with van der Waals surface area (Å²) >= 11 is 0. The normalized spacial score (nSPS) is 20.6. The van der Waals surface area contributed by atoms with Gasteiger partial charge < -0.3 is 14.7 Å². The van der Waals surface area contributed by atoms with Gasteiger partial charge in [0.2, 0.25) is 0 Å². The number of rotatable bonds is 3. The Bertz CT molecular complexity index is 1300. The second-order valence-electron chi connectivity index (χ2n) is 8.96. The van der Waals surface area contributed by atoms with Crippen molar-refractivity contribution in [2.24, 2.45) is 5.41 Å². The lowest BCUT2D eigenvalue weighted by atomic mass is 9.77. The highest BCUT2D eigenvalue weighted by atomic mass is 16.5. The zero-order valence-corrected chi connectivity index (χ0v) is 18.0. The lowest BCUT2D eigenvalue weighted by Gasteiger charge is -2.39. The van der Waals surface area contributed by atoms with Crippen molar-refractivity contribution in [2.45, 2.75) is 38.9 Å². The summed E-state index contributed by atoms with van der Waals surface area (Å²) in [6.07, 6.45) is 8.68. The van der Waals surface area contributed by atoms with E-state index in [4.69, 9.17) is 14.7 Å². The van der Waals surface area contributed by atoms with Crippen LogP contribution in [0.5, 0.6) is 0 Å². The van der Waals surface area contributed by atoms with E-state index >= 15 is 0 Å². The minimum atomic E-state index is -0.172. The molecule has 5 heterocycles. The third-order valence-electron chi connectivity index (χ3n) is 6.82. The van der Waals surface area contributed by atoms with Gasteiger partial charge in [0.1, 0.15) is 11.2 Å². The Morgan fingerprint density at radius 2 is 1.91 bits per heavy atom. The van der Waals surface area contributed by atoms with Gasteiger partial charge in [-0.2, -0.15) is 5.10 Å². The van der Waals surface area contributed by atoms with E-state index in [0.717, 1.165) is 61.5 Å². The molecule has 2 saturated heterocycles. The molecule has 9 nitrogen and oxygen atoms in total. The van der Waals surface area contributed by atoms with E-state index in [1.807, 2.05) is 18.2 Å². The molecule has 32 heavy (non-hydrogen) atoms. The van der Waals surface area contributed by atoms with Crippen LogP contribution in [0.1, 0.15) is 31.9 Å². The van der Waals surface area contributed by atoms with Gasteiger partial charge in [0.25, 0.3) is 0 Å². The molecule has 0 unspecified atom stereocenters. The van der Waals surface area contributed by atoms with E-state index in [-0.39, 0.29) is 12.0 Å². The minimum absolute atomic E-state index is 0.172. The van der Waals surface area contributed by atoms with Crippen molar-refractivity contribution < 1.29 is 9.84 Å². The lowest BCUT2D eigenvalue weighted by Crippen LogP contribution is -2.41. The first-order valence-electron chi connectivity index (χ1n) is 11.1. The minimum Gasteiger partial charge on any atom is -0.390 e. The Balaban J connectivity index is 1.34. The van der Waals surface area contributed by atoms with Gasteiger partial charge in [0.15, 0.2) is 11.5 Å². The van der Waals surface area contributed by atoms with Gasteiger partial charge in [-0.05, 0) is 49.8 Å². The third kappa shape index (κ3) is 3.20. The lowest BCUT2D eigenvalue weighted by molar-refractivity contribution is 0.0975. The number of piperidine rings is 1. The molecule has 0 amide bonds. The van der Waals surface area contributed by atoms with Gasteiger partial charge in [-0.1, -0.05) is 0 Å². The van der Waals surface area contributed by atoms with Crippen LogP contribution >= 0.6 is 0 Å². The third-order valence-corrected chi connectivity index (χ3v) is 6.82. The van der Waals surface area contributed by atoms with Crippen LogP contribution in [0, 0.1) is 5.41 Å². The number of benzene rings is 1. The maximum Gasteiger partial charge on any atom is 0.182 e. The maximum absolute atomic E-state index is 10.1. The zero-order chi connectivity index (χ0) is 21.7. The van der Waals surface area contributed by atoms with Crippen molar-refractivity contribution in [3.8, 4) is 5.69 Å². The number of anilines is 1. The van der Waals surface area contributed by atoms with Gasteiger partial charge in [0.05, 0.1) is 42.2 Å². The number of aliphatic hydroxyl groups excluding tert-OH is 1. The Kier molecular flexibility index (Phi) is 4.55. The average Bonchev–Trinajstić information content (AvgIpc) is 3.41. The average molecular weight is 432 g/mol. The first-order chi connectivity index (χ1) is 15.6. The summed E-state index contributed by atoms with van der Waals surface area (Å²) in [4.78, 5) is 20.6. The van der Waals surface area contributed by atoms with Gasteiger partial charge in [-0.3, -0.25) is 9.97 Å². The molecule has 3 aromatic heterocycles. The van der Waals surface area contributed by atoms with E-state index < -0.39 is 0 Å². The molecular weight excluding hydrogens is 406 g/mol. The van der Waals surface area contributed by atoms with Crippen LogP contribution in [0.3, 0.4) is 0 Å². The molecule has 0 aliphatic carbocycles. The van der Waals surface area contributed by atoms with Crippen molar-refractivity contribution in [3.05, 3.63) is 42.5 Å². The molecule has 1 spiro atoms. The van der Waals surface area contributed by atoms with Crippen LogP contribution in [0.4, 0.5) is 5.82 Å². The monoisotopic (exact) mass is 431 g/mol. The molecule has 0 saturated carbocycles. The summed E-state index contributed by atoms with van der Waals surface area (Å²) in [6, 6.07) is 5.78. The first-order valence-corrected chi connectivity index (χ1v) is 11.1. The van der Waals surface area contributed by atoms with Gasteiger partial charge in [-0.25, -0.2) is 14.6 Å². The van der Waals surface area contributed by atoms with Crippen LogP contribution in [0.15, 0.2) is 36.8 Å². The summed E-state index contributed by atoms with van der Waals surface area (Å²) in [6.45, 7) is 4.61. The SMILES string of the molecule is C[C@H]1CC2(CCN(c3nc4cnn(-c5ccc6nccnc6c5)c4nc3CO)CC2)CO1. The fourth-order valence-electron chi connectivity index (χ4n) is 5.09. The number of aliphatic hydroxyl groups is 1. The molecule has 0 bridgehead atoms. The number of aromatic nitrogens is 6. The molecule has 1 aromatic carbocycles. The van der Waals surface area contributed by atoms with Crippen molar-refractivity contribution in [1.29, 1.82) is 0 Å². The van der Waals surface area contributed by atoms with E-state index in [1.54, 1.807) is 23.3 Å². The maximum atomic E-state index is 10.1. The highest BCUT2D eigenvalue weighted by Crippen LogP contribution is 2.42. The highest BCUT2D eigenvalue weighted by Gasteiger charge is 2.41. The number of hydrogen-bond acceptors (Lipinski definition) is 8. The standard InChI is InChI=1S/C23H25N7O2/c1-15-11-23(14-32-15)4-8-29(9-5-23)21-20(13-31)28-22-19(27-21)12-26-30(22)16-2-3-17-18(10-16)25-7-6-24-17/h2-3,6-7,10,12,15,31H,4-5,8-9,11,13-14H2,1H3/t15-/m0/s1. The van der Waals surface area contributed by atoms with Crippen LogP contribution in [0.25, 0.3) is 27.9 Å². The van der Waals surface area contributed by atoms with Crippen LogP contribution in [-0.2, 0) is 11.3 Å². The van der Waals surface area contributed by atoms with Crippen molar-refractivity contribution >= 4 is 28.0 Å². The topological polar surface area (TPSA) is 102 Å². The molecule has 164 valence electrons. The fourth-order valence-corrected chi connectivity index (χ4v) is 5.09. The zero-order valence-electron chi connectivity index (χ0n) is 18.0. The molecule has 4 aromatic rings.